The Labute approximate surface area is 104 Å². The Morgan fingerprint density at radius 2 is 1.94 bits per heavy atom. The molecule has 0 unspecified atom stereocenters. The van der Waals surface area contributed by atoms with E-state index in [-0.39, 0.29) is 6.42 Å². The SMILES string of the molecule is CCC(=O)c1c(SC(F)(F)F)cccc1C(F)F. The number of hydrogen-bond donors (Lipinski definition) is 0. The predicted octanol–water partition coefficient (Wildman–Crippen LogP) is 4.83. The van der Waals surface area contributed by atoms with Gasteiger partial charge in [0.15, 0.2) is 5.78 Å². The molecule has 0 spiro atoms. The van der Waals surface area contributed by atoms with Crippen molar-refractivity contribution in [1.82, 2.24) is 0 Å². The van der Waals surface area contributed by atoms with Crippen LogP contribution in [-0.2, 0) is 0 Å². The van der Waals surface area contributed by atoms with Crippen molar-refractivity contribution in [1.29, 1.82) is 0 Å². The third-order valence-corrected chi connectivity index (χ3v) is 2.91. The molecule has 0 saturated carbocycles. The average Bonchev–Trinajstić information content (AvgIpc) is 2.25. The number of carbonyl (C=O) groups excluding carboxylic acids is 1. The van der Waals surface area contributed by atoms with Gasteiger partial charge in [0.1, 0.15) is 0 Å². The lowest BCUT2D eigenvalue weighted by Gasteiger charge is -2.13. The van der Waals surface area contributed by atoms with Gasteiger partial charge in [0.25, 0.3) is 6.43 Å². The maximum absolute atomic E-state index is 12.7. The lowest BCUT2D eigenvalue weighted by atomic mass is 10.0. The molecule has 1 aromatic carbocycles. The van der Waals surface area contributed by atoms with E-state index in [1.165, 1.54) is 6.92 Å². The highest BCUT2D eigenvalue weighted by Gasteiger charge is 2.32. The highest BCUT2D eigenvalue weighted by Crippen LogP contribution is 2.41. The molecule has 1 rings (SSSR count). The Morgan fingerprint density at radius 1 is 1.33 bits per heavy atom. The molecule has 100 valence electrons. The third-order valence-electron chi connectivity index (χ3n) is 2.12. The fraction of sp³-hybridized carbons (Fsp3) is 0.364. The van der Waals surface area contributed by atoms with Gasteiger partial charge < -0.3 is 0 Å². The number of halogens is 5. The molecule has 1 aromatic rings. The lowest BCUT2D eigenvalue weighted by molar-refractivity contribution is -0.0328. The monoisotopic (exact) mass is 284 g/mol. The fourth-order valence-corrected chi connectivity index (χ4v) is 2.14. The smallest absolute Gasteiger partial charge is 0.294 e. The van der Waals surface area contributed by atoms with E-state index in [9.17, 15) is 26.7 Å². The Balaban J connectivity index is 3.33. The lowest BCUT2D eigenvalue weighted by Crippen LogP contribution is -2.08. The van der Waals surface area contributed by atoms with Gasteiger partial charge in [0.05, 0.1) is 0 Å². The van der Waals surface area contributed by atoms with Crippen molar-refractivity contribution >= 4 is 17.5 Å². The van der Waals surface area contributed by atoms with Crippen LogP contribution in [0.1, 0.15) is 35.7 Å². The van der Waals surface area contributed by atoms with E-state index < -0.39 is 45.5 Å². The first-order chi connectivity index (χ1) is 8.26. The van der Waals surface area contributed by atoms with Crippen molar-refractivity contribution in [2.24, 2.45) is 0 Å². The minimum Gasteiger partial charge on any atom is -0.294 e. The second-order valence-electron chi connectivity index (χ2n) is 3.35. The largest absolute Gasteiger partial charge is 0.446 e. The predicted molar refractivity (Wildman–Crippen MR) is 57.9 cm³/mol. The number of thioether (sulfide) groups is 1. The molecular formula is C11H9F5OS. The van der Waals surface area contributed by atoms with E-state index >= 15 is 0 Å². The van der Waals surface area contributed by atoms with Crippen molar-refractivity contribution < 1.29 is 26.7 Å². The molecule has 0 N–H and O–H groups in total. The van der Waals surface area contributed by atoms with E-state index in [1.807, 2.05) is 0 Å². The van der Waals surface area contributed by atoms with Crippen LogP contribution in [0.2, 0.25) is 0 Å². The molecule has 0 fully saturated rings. The molecule has 0 aliphatic carbocycles. The van der Waals surface area contributed by atoms with Gasteiger partial charge in [-0.25, -0.2) is 8.78 Å². The molecule has 0 aliphatic heterocycles. The van der Waals surface area contributed by atoms with Crippen molar-refractivity contribution in [3.05, 3.63) is 29.3 Å². The summed E-state index contributed by atoms with van der Waals surface area (Å²) < 4.78 is 62.2. The minimum atomic E-state index is -4.62. The zero-order valence-electron chi connectivity index (χ0n) is 9.22. The van der Waals surface area contributed by atoms with Crippen LogP contribution in [-0.4, -0.2) is 11.3 Å². The fourth-order valence-electron chi connectivity index (χ4n) is 1.41. The van der Waals surface area contributed by atoms with Crippen LogP contribution in [0.5, 0.6) is 0 Å². The number of hydrogen-bond acceptors (Lipinski definition) is 2. The quantitative estimate of drug-likeness (QED) is 0.447. The Kier molecular flexibility index (Phi) is 4.72. The Morgan fingerprint density at radius 3 is 2.39 bits per heavy atom. The maximum Gasteiger partial charge on any atom is 0.446 e. The number of alkyl halides is 5. The molecule has 1 nitrogen and oxygen atoms in total. The number of benzene rings is 1. The normalized spacial score (nSPS) is 11.9. The Bertz CT molecular complexity index is 442. The first-order valence-electron chi connectivity index (χ1n) is 4.96. The molecule has 0 aliphatic rings. The summed E-state index contributed by atoms with van der Waals surface area (Å²) in [5, 5.41) is 0. The van der Waals surface area contributed by atoms with E-state index in [0.717, 1.165) is 18.2 Å². The molecule has 18 heavy (non-hydrogen) atoms. The van der Waals surface area contributed by atoms with Crippen molar-refractivity contribution in [3.63, 3.8) is 0 Å². The highest BCUT2D eigenvalue weighted by atomic mass is 32.2. The zero-order chi connectivity index (χ0) is 13.9. The molecule has 7 heteroatoms. The summed E-state index contributed by atoms with van der Waals surface area (Å²) in [5.74, 6) is -0.724. The molecule has 0 atom stereocenters. The number of carbonyl (C=O) groups is 1. The number of Topliss-reactive ketones (excluding diaryl/α,β-unsaturated/α-hetero) is 1. The summed E-state index contributed by atoms with van der Waals surface area (Å²) in [4.78, 5) is 11.1. The highest BCUT2D eigenvalue weighted by molar-refractivity contribution is 8.00. The van der Waals surface area contributed by atoms with Gasteiger partial charge in [-0.15, -0.1) is 0 Å². The number of rotatable bonds is 4. The first kappa shape index (κ1) is 14.9. The molecule has 0 saturated heterocycles. The van der Waals surface area contributed by atoms with E-state index in [2.05, 4.69) is 0 Å². The molecule has 0 bridgehead atoms. The maximum atomic E-state index is 12.7. The summed E-state index contributed by atoms with van der Waals surface area (Å²) in [6.07, 6.45) is -3.11. The first-order valence-corrected chi connectivity index (χ1v) is 5.78. The number of ketones is 1. The summed E-state index contributed by atoms with van der Waals surface area (Å²) in [5.41, 5.74) is -5.81. The van der Waals surface area contributed by atoms with Crippen LogP contribution in [0.4, 0.5) is 22.0 Å². The topological polar surface area (TPSA) is 17.1 Å². The van der Waals surface area contributed by atoms with Crippen LogP contribution in [0.25, 0.3) is 0 Å². The third kappa shape index (κ3) is 3.69. The van der Waals surface area contributed by atoms with Crippen LogP contribution >= 0.6 is 11.8 Å². The molecule has 0 radical (unpaired) electrons. The Hall–Kier alpha value is -1.11. The van der Waals surface area contributed by atoms with Gasteiger partial charge in [0.2, 0.25) is 0 Å². The molecule has 0 aromatic heterocycles. The van der Waals surface area contributed by atoms with E-state index in [4.69, 9.17) is 0 Å². The summed E-state index contributed by atoms with van der Waals surface area (Å²) in [6, 6.07) is 3.07. The van der Waals surface area contributed by atoms with E-state index in [1.54, 1.807) is 0 Å². The van der Waals surface area contributed by atoms with Gasteiger partial charge >= 0.3 is 5.51 Å². The zero-order valence-corrected chi connectivity index (χ0v) is 10.0. The van der Waals surface area contributed by atoms with Gasteiger partial charge in [-0.05, 0) is 17.8 Å². The standard InChI is InChI=1S/C11H9F5OS/c1-2-7(17)9-6(10(12)13)4-3-5-8(9)18-11(14,15)16/h3-5,10H,2H2,1H3. The van der Waals surface area contributed by atoms with Crippen molar-refractivity contribution in [3.8, 4) is 0 Å². The van der Waals surface area contributed by atoms with Crippen LogP contribution in [0.3, 0.4) is 0 Å². The minimum absolute atomic E-state index is 0.130. The molecule has 0 heterocycles. The average molecular weight is 284 g/mol. The van der Waals surface area contributed by atoms with Gasteiger partial charge in [0, 0.05) is 22.4 Å². The van der Waals surface area contributed by atoms with Gasteiger partial charge in [-0.2, -0.15) is 13.2 Å². The molecule has 0 amide bonds. The van der Waals surface area contributed by atoms with Crippen LogP contribution in [0.15, 0.2) is 23.1 Å². The van der Waals surface area contributed by atoms with Gasteiger partial charge in [-0.3, -0.25) is 4.79 Å². The second-order valence-corrected chi connectivity index (χ2v) is 4.45. The van der Waals surface area contributed by atoms with Crippen LogP contribution < -0.4 is 0 Å². The summed E-state index contributed by atoms with van der Waals surface area (Å²) in [7, 11) is 0. The van der Waals surface area contributed by atoms with Crippen molar-refractivity contribution in [2.45, 2.75) is 30.2 Å². The van der Waals surface area contributed by atoms with E-state index in [0.29, 0.717) is 0 Å². The van der Waals surface area contributed by atoms with Crippen molar-refractivity contribution in [2.75, 3.05) is 0 Å². The summed E-state index contributed by atoms with van der Waals surface area (Å²) >= 11 is -0.552. The van der Waals surface area contributed by atoms with Gasteiger partial charge in [-0.1, -0.05) is 19.1 Å². The molecular weight excluding hydrogens is 275 g/mol. The van der Waals surface area contributed by atoms with Crippen LogP contribution in [0, 0.1) is 0 Å². The summed E-state index contributed by atoms with van der Waals surface area (Å²) in [6.45, 7) is 1.41. The second kappa shape index (κ2) is 5.69.